The van der Waals surface area contributed by atoms with Gasteiger partial charge in [-0.05, 0) is 32.1 Å². The first-order valence-electron chi connectivity index (χ1n) is 6.67. The maximum atomic E-state index is 11.4. The normalized spacial score (nSPS) is 14.7. The molecule has 0 bridgehead atoms. The van der Waals surface area contributed by atoms with E-state index in [-0.39, 0.29) is 6.73 Å². The van der Waals surface area contributed by atoms with Gasteiger partial charge in [-0.15, -0.1) is 0 Å². The third-order valence-corrected chi connectivity index (χ3v) is 4.19. The second-order valence-electron chi connectivity index (χ2n) is 5.10. The second kappa shape index (κ2) is 6.73. The van der Waals surface area contributed by atoms with Gasteiger partial charge in [0, 0.05) is 25.2 Å². The van der Waals surface area contributed by atoms with E-state index in [4.69, 9.17) is 4.52 Å². The van der Waals surface area contributed by atoms with E-state index in [1.165, 1.54) is 5.56 Å². The van der Waals surface area contributed by atoms with Crippen LogP contribution < -0.4 is 0 Å². The summed E-state index contributed by atoms with van der Waals surface area (Å²) < 4.78 is 22.6. The van der Waals surface area contributed by atoms with Crippen molar-refractivity contribution in [2.45, 2.75) is 13.2 Å². The molecule has 0 radical (unpaired) electrons. The number of nitrogens with zero attached hydrogens (tertiary/aromatic N) is 2. The summed E-state index contributed by atoms with van der Waals surface area (Å²) in [5.41, 5.74) is 2.16. The van der Waals surface area contributed by atoms with Gasteiger partial charge in [0.05, 0.1) is 5.52 Å². The summed E-state index contributed by atoms with van der Waals surface area (Å²) in [7, 11) is 1.24. The number of hydrogen-bond donors (Lipinski definition) is 1. The molecule has 0 fully saturated rings. The van der Waals surface area contributed by atoms with E-state index in [9.17, 15) is 9.46 Å². The molecule has 6 nitrogen and oxygen atoms in total. The van der Waals surface area contributed by atoms with Crippen LogP contribution in [0.15, 0.2) is 30.5 Å². The van der Waals surface area contributed by atoms with Crippen LogP contribution in [0.3, 0.4) is 0 Å². The molecule has 116 valence electrons. The molecule has 1 aromatic carbocycles. The van der Waals surface area contributed by atoms with Crippen LogP contribution in [-0.2, 0) is 26.8 Å². The minimum absolute atomic E-state index is 0.0237. The van der Waals surface area contributed by atoms with Crippen LogP contribution >= 0.6 is 7.82 Å². The first-order valence-corrected chi connectivity index (χ1v) is 8.17. The van der Waals surface area contributed by atoms with Crippen LogP contribution in [0.25, 0.3) is 10.9 Å². The molecular weight excluding hydrogens is 291 g/mol. The zero-order valence-electron chi connectivity index (χ0n) is 12.5. The van der Waals surface area contributed by atoms with Gasteiger partial charge < -0.3 is 14.4 Å². The third kappa shape index (κ3) is 4.15. The van der Waals surface area contributed by atoms with E-state index in [2.05, 4.69) is 9.42 Å². The number of likely N-dealkylation sites (N-methyl/N-ethyl adjacent to an activating group) is 1. The van der Waals surface area contributed by atoms with Crippen LogP contribution in [-0.4, -0.2) is 42.1 Å². The fourth-order valence-electron chi connectivity index (χ4n) is 2.16. The predicted molar refractivity (Wildman–Crippen MR) is 82.1 cm³/mol. The Morgan fingerprint density at radius 1 is 1.33 bits per heavy atom. The smallest absolute Gasteiger partial charge is 0.323 e. The summed E-state index contributed by atoms with van der Waals surface area (Å²) in [4.78, 5) is 11.5. The molecule has 7 heteroatoms. The molecular formula is C14H21N2O4P. The van der Waals surface area contributed by atoms with E-state index >= 15 is 0 Å². The average molecular weight is 312 g/mol. The number of phosphoric ester groups is 1. The summed E-state index contributed by atoms with van der Waals surface area (Å²) in [5, 5.41) is 1.13. The number of aromatic nitrogens is 1. The van der Waals surface area contributed by atoms with E-state index in [1.54, 1.807) is 0 Å². The molecule has 0 aliphatic heterocycles. The lowest BCUT2D eigenvalue weighted by Gasteiger charge is -2.10. The highest BCUT2D eigenvalue weighted by molar-refractivity contribution is 7.47. The van der Waals surface area contributed by atoms with Gasteiger partial charge in [0.2, 0.25) is 0 Å². The zero-order valence-corrected chi connectivity index (χ0v) is 13.4. The van der Waals surface area contributed by atoms with Crippen molar-refractivity contribution in [3.8, 4) is 0 Å². The molecule has 2 rings (SSSR count). The summed E-state index contributed by atoms with van der Waals surface area (Å²) in [5.74, 6) is 0. The number of fused-ring (bicyclic) bond motifs is 1. The Bertz CT molecular complexity index is 653. The molecule has 1 N–H and O–H groups in total. The van der Waals surface area contributed by atoms with Crippen molar-refractivity contribution in [1.82, 2.24) is 9.47 Å². The Balaban J connectivity index is 2.25. The first kappa shape index (κ1) is 16.2. The minimum atomic E-state index is -3.97. The minimum Gasteiger partial charge on any atom is -0.323 e. The van der Waals surface area contributed by atoms with E-state index < -0.39 is 7.82 Å². The summed E-state index contributed by atoms with van der Waals surface area (Å²) in [6.45, 7) is 0.912. The van der Waals surface area contributed by atoms with Gasteiger partial charge >= 0.3 is 7.82 Å². The van der Waals surface area contributed by atoms with E-state index in [1.807, 2.05) is 49.1 Å². The average Bonchev–Trinajstić information content (AvgIpc) is 2.81. The Morgan fingerprint density at radius 3 is 2.71 bits per heavy atom. The summed E-state index contributed by atoms with van der Waals surface area (Å²) in [6.07, 6.45) is 2.87. The van der Waals surface area contributed by atoms with Crippen LogP contribution in [0, 0.1) is 0 Å². The molecule has 0 spiro atoms. The van der Waals surface area contributed by atoms with Crippen LogP contribution in [0.4, 0.5) is 0 Å². The largest absolute Gasteiger partial charge is 0.473 e. The van der Waals surface area contributed by atoms with Crippen LogP contribution in [0.1, 0.15) is 5.56 Å². The van der Waals surface area contributed by atoms with Gasteiger partial charge in [-0.25, -0.2) is 4.57 Å². The SMILES string of the molecule is COP(=O)(O)OCn1cc(CCN(C)C)c2ccccc21. The van der Waals surface area contributed by atoms with E-state index in [0.29, 0.717) is 0 Å². The number of hydrogen-bond acceptors (Lipinski definition) is 4. The predicted octanol–water partition coefficient (Wildman–Crippen LogP) is 2.47. The number of rotatable bonds is 7. The van der Waals surface area contributed by atoms with Crippen molar-refractivity contribution in [3.05, 3.63) is 36.0 Å². The van der Waals surface area contributed by atoms with Gasteiger partial charge in [0.15, 0.2) is 0 Å². The lowest BCUT2D eigenvalue weighted by atomic mass is 10.1. The van der Waals surface area contributed by atoms with Gasteiger partial charge in [-0.1, -0.05) is 18.2 Å². The summed E-state index contributed by atoms with van der Waals surface area (Å²) in [6, 6.07) is 7.93. The first-order chi connectivity index (χ1) is 9.93. The molecule has 1 heterocycles. The standard InChI is InChI=1S/C14H21N2O4P/c1-15(2)9-8-12-10-16(11-20-21(17,18)19-3)14-7-5-4-6-13(12)14/h4-7,10H,8-9,11H2,1-3H3,(H,17,18). The molecule has 1 unspecified atom stereocenters. The maximum Gasteiger partial charge on any atom is 0.473 e. The highest BCUT2D eigenvalue weighted by Gasteiger charge is 2.19. The number of para-hydroxylation sites is 1. The Hall–Kier alpha value is -1.17. The molecule has 0 aliphatic carbocycles. The molecule has 0 amide bonds. The molecule has 0 saturated heterocycles. The Kier molecular flexibility index (Phi) is 5.19. The van der Waals surface area contributed by atoms with Crippen LogP contribution in [0.2, 0.25) is 0 Å². The third-order valence-electron chi connectivity index (χ3n) is 3.29. The Morgan fingerprint density at radius 2 is 2.05 bits per heavy atom. The number of phosphoric acid groups is 1. The van der Waals surface area contributed by atoms with Gasteiger partial charge in [-0.2, -0.15) is 0 Å². The van der Waals surface area contributed by atoms with E-state index in [0.717, 1.165) is 31.0 Å². The Labute approximate surface area is 124 Å². The van der Waals surface area contributed by atoms with Crippen molar-refractivity contribution in [2.75, 3.05) is 27.7 Å². The number of benzene rings is 1. The second-order valence-corrected chi connectivity index (χ2v) is 6.66. The van der Waals surface area contributed by atoms with Gasteiger partial charge in [0.1, 0.15) is 6.73 Å². The van der Waals surface area contributed by atoms with Crippen molar-refractivity contribution in [1.29, 1.82) is 0 Å². The lowest BCUT2D eigenvalue weighted by Crippen LogP contribution is -2.14. The monoisotopic (exact) mass is 312 g/mol. The van der Waals surface area contributed by atoms with Crippen LogP contribution in [0.5, 0.6) is 0 Å². The zero-order chi connectivity index (χ0) is 15.5. The fourth-order valence-corrected chi connectivity index (χ4v) is 2.54. The molecule has 0 saturated carbocycles. The van der Waals surface area contributed by atoms with Crippen molar-refractivity contribution in [2.24, 2.45) is 0 Å². The van der Waals surface area contributed by atoms with Crippen molar-refractivity contribution in [3.63, 3.8) is 0 Å². The molecule has 1 aromatic heterocycles. The molecule has 21 heavy (non-hydrogen) atoms. The highest BCUT2D eigenvalue weighted by atomic mass is 31.2. The maximum absolute atomic E-state index is 11.4. The lowest BCUT2D eigenvalue weighted by molar-refractivity contribution is 0.139. The van der Waals surface area contributed by atoms with Gasteiger partial charge in [0.25, 0.3) is 0 Å². The highest BCUT2D eigenvalue weighted by Crippen LogP contribution is 2.42. The molecule has 0 aliphatic rings. The quantitative estimate of drug-likeness (QED) is 0.796. The molecule has 2 aromatic rings. The topological polar surface area (TPSA) is 63.9 Å². The summed E-state index contributed by atoms with van der Waals surface area (Å²) >= 11 is 0. The fraction of sp³-hybridized carbons (Fsp3) is 0.429. The van der Waals surface area contributed by atoms with Gasteiger partial charge in [-0.3, -0.25) is 9.05 Å². The molecule has 1 atom stereocenters. The van der Waals surface area contributed by atoms with Crippen molar-refractivity contribution < 1.29 is 18.5 Å². The van der Waals surface area contributed by atoms with Crippen molar-refractivity contribution >= 4 is 18.7 Å².